The van der Waals surface area contributed by atoms with E-state index < -0.39 is 27.4 Å². The fourth-order valence-electron chi connectivity index (χ4n) is 4.08. The van der Waals surface area contributed by atoms with E-state index in [1.54, 1.807) is 19.1 Å². The monoisotopic (exact) mass is 460 g/mol. The molecule has 2 aromatic rings. The lowest BCUT2D eigenvalue weighted by atomic mass is 9.92. The number of carbonyl (C=O) groups excluding carboxylic acids is 2. The number of halogens is 1. The highest BCUT2D eigenvalue weighted by atomic mass is 32.2. The van der Waals surface area contributed by atoms with Gasteiger partial charge in [0.2, 0.25) is 10.0 Å². The summed E-state index contributed by atoms with van der Waals surface area (Å²) in [6, 6.07) is 13.3. The number of sulfonamides is 1. The Balaban J connectivity index is 1.44. The van der Waals surface area contributed by atoms with Crippen molar-refractivity contribution in [3.05, 3.63) is 66.0 Å². The third-order valence-corrected chi connectivity index (χ3v) is 7.88. The summed E-state index contributed by atoms with van der Waals surface area (Å²) >= 11 is 0. The topological polar surface area (TPSA) is 90.0 Å². The molecule has 0 aromatic heterocycles. The number of hydrogen-bond donors (Lipinski definition) is 1. The number of benzene rings is 2. The molecule has 2 aliphatic heterocycles. The summed E-state index contributed by atoms with van der Waals surface area (Å²) in [4.78, 5) is 28.8. The first-order valence-electron chi connectivity index (χ1n) is 10.4. The Morgan fingerprint density at radius 2 is 1.66 bits per heavy atom. The number of nitrogens with one attached hydrogen (secondary N) is 1. The first-order valence-corrected chi connectivity index (χ1v) is 11.8. The standard InChI is InChI=1S/C22H25FN4O4S/c1-22(17-6-3-2-4-7-17)20(28)27(21(29)24-22)16-25-12-5-13-26(15-14-25)32(30,31)19-10-8-18(23)9-11-19/h2-4,6-11H,5,12-16H2,1H3,(H,24,29)/t22-/m0/s1. The molecule has 0 radical (unpaired) electrons. The van der Waals surface area contributed by atoms with Gasteiger partial charge in [-0.3, -0.25) is 9.69 Å². The van der Waals surface area contributed by atoms with E-state index >= 15 is 0 Å². The summed E-state index contributed by atoms with van der Waals surface area (Å²) < 4.78 is 40.3. The predicted molar refractivity (Wildman–Crippen MR) is 115 cm³/mol. The molecule has 170 valence electrons. The molecule has 0 spiro atoms. The predicted octanol–water partition coefficient (Wildman–Crippen LogP) is 1.95. The molecule has 2 heterocycles. The summed E-state index contributed by atoms with van der Waals surface area (Å²) in [5.74, 6) is -0.837. The fourth-order valence-corrected chi connectivity index (χ4v) is 5.55. The van der Waals surface area contributed by atoms with E-state index in [-0.39, 0.29) is 24.0 Å². The molecule has 0 bridgehead atoms. The van der Waals surface area contributed by atoms with E-state index in [9.17, 15) is 22.4 Å². The van der Waals surface area contributed by atoms with Gasteiger partial charge in [-0.2, -0.15) is 4.31 Å². The van der Waals surface area contributed by atoms with Crippen LogP contribution in [0.1, 0.15) is 18.9 Å². The smallest absolute Gasteiger partial charge is 0.319 e. The van der Waals surface area contributed by atoms with Crippen molar-refractivity contribution in [2.75, 3.05) is 32.8 Å². The molecule has 0 aliphatic carbocycles. The lowest BCUT2D eigenvalue weighted by Crippen LogP contribution is -2.45. The summed E-state index contributed by atoms with van der Waals surface area (Å²) in [5, 5.41) is 2.78. The molecule has 2 saturated heterocycles. The van der Waals surface area contributed by atoms with Crippen LogP contribution >= 0.6 is 0 Å². The summed E-state index contributed by atoms with van der Waals surface area (Å²) in [6.45, 7) is 3.17. The molecule has 1 N–H and O–H groups in total. The Kier molecular flexibility index (Phi) is 6.02. The zero-order valence-corrected chi connectivity index (χ0v) is 18.5. The van der Waals surface area contributed by atoms with Gasteiger partial charge in [0.05, 0.1) is 11.6 Å². The highest BCUT2D eigenvalue weighted by Gasteiger charge is 2.49. The van der Waals surface area contributed by atoms with Crippen molar-refractivity contribution in [2.24, 2.45) is 0 Å². The Bertz CT molecular complexity index is 1110. The number of carbonyl (C=O) groups is 2. The van der Waals surface area contributed by atoms with Crippen molar-refractivity contribution in [1.29, 1.82) is 0 Å². The SMILES string of the molecule is C[C@@]1(c2ccccc2)NC(=O)N(CN2CCCN(S(=O)(=O)c3ccc(F)cc3)CC2)C1=O. The van der Waals surface area contributed by atoms with E-state index in [2.05, 4.69) is 5.32 Å². The zero-order valence-electron chi connectivity index (χ0n) is 17.7. The third kappa shape index (κ3) is 4.13. The minimum absolute atomic E-state index is 0.0417. The molecule has 0 saturated carbocycles. The molecule has 2 fully saturated rings. The van der Waals surface area contributed by atoms with Crippen LogP contribution in [0.25, 0.3) is 0 Å². The van der Waals surface area contributed by atoms with E-state index in [0.717, 1.165) is 12.1 Å². The first-order chi connectivity index (χ1) is 15.2. The van der Waals surface area contributed by atoms with Crippen LogP contribution in [0.3, 0.4) is 0 Å². The minimum Gasteiger partial charge on any atom is -0.319 e. The summed E-state index contributed by atoms with van der Waals surface area (Å²) in [6.07, 6.45) is 0.542. The molecule has 3 amide bonds. The minimum atomic E-state index is -3.75. The van der Waals surface area contributed by atoms with Gasteiger partial charge in [0.1, 0.15) is 11.4 Å². The van der Waals surface area contributed by atoms with Gasteiger partial charge in [-0.1, -0.05) is 30.3 Å². The second-order valence-corrected chi connectivity index (χ2v) is 10.1. The lowest BCUT2D eigenvalue weighted by molar-refractivity contribution is -0.132. The fraction of sp³-hybridized carbons (Fsp3) is 0.364. The van der Waals surface area contributed by atoms with Crippen LogP contribution in [0, 0.1) is 5.82 Å². The van der Waals surface area contributed by atoms with Gasteiger partial charge in [-0.05, 0) is 43.2 Å². The van der Waals surface area contributed by atoms with Crippen molar-refractivity contribution in [3.63, 3.8) is 0 Å². The zero-order chi connectivity index (χ0) is 22.9. The van der Waals surface area contributed by atoms with Crippen molar-refractivity contribution < 1.29 is 22.4 Å². The van der Waals surface area contributed by atoms with Gasteiger partial charge >= 0.3 is 6.03 Å². The van der Waals surface area contributed by atoms with E-state index in [4.69, 9.17) is 0 Å². The van der Waals surface area contributed by atoms with Crippen LogP contribution in [0.15, 0.2) is 59.5 Å². The van der Waals surface area contributed by atoms with Crippen LogP contribution in [0.2, 0.25) is 0 Å². The summed E-state index contributed by atoms with van der Waals surface area (Å²) in [7, 11) is -3.75. The second-order valence-electron chi connectivity index (χ2n) is 8.13. The molecular weight excluding hydrogens is 435 g/mol. The number of imide groups is 1. The normalized spacial score (nSPS) is 23.2. The maximum absolute atomic E-state index is 13.2. The highest BCUT2D eigenvalue weighted by Crippen LogP contribution is 2.29. The number of amides is 3. The maximum atomic E-state index is 13.2. The average Bonchev–Trinajstić information content (AvgIpc) is 2.94. The van der Waals surface area contributed by atoms with Crippen molar-refractivity contribution in [1.82, 2.24) is 19.4 Å². The van der Waals surface area contributed by atoms with E-state index in [1.165, 1.54) is 21.3 Å². The van der Waals surface area contributed by atoms with Crippen LogP contribution in [0.5, 0.6) is 0 Å². The lowest BCUT2D eigenvalue weighted by Gasteiger charge is -2.26. The van der Waals surface area contributed by atoms with Crippen LogP contribution in [-0.2, 0) is 20.4 Å². The molecule has 4 rings (SSSR count). The van der Waals surface area contributed by atoms with Crippen molar-refractivity contribution >= 4 is 22.0 Å². The Hall–Kier alpha value is -2.82. The van der Waals surface area contributed by atoms with E-state index in [0.29, 0.717) is 31.6 Å². The van der Waals surface area contributed by atoms with Gasteiger partial charge in [0, 0.05) is 26.2 Å². The molecule has 1 atom stereocenters. The van der Waals surface area contributed by atoms with Crippen LogP contribution in [0.4, 0.5) is 9.18 Å². The highest BCUT2D eigenvalue weighted by molar-refractivity contribution is 7.89. The molecule has 2 aromatic carbocycles. The van der Waals surface area contributed by atoms with Crippen molar-refractivity contribution in [3.8, 4) is 0 Å². The van der Waals surface area contributed by atoms with Gasteiger partial charge in [-0.15, -0.1) is 0 Å². The Morgan fingerprint density at radius 1 is 0.969 bits per heavy atom. The van der Waals surface area contributed by atoms with Crippen LogP contribution < -0.4 is 5.32 Å². The van der Waals surface area contributed by atoms with Gasteiger partial charge < -0.3 is 5.32 Å². The number of hydrogen-bond acceptors (Lipinski definition) is 5. The Labute approximate surface area is 186 Å². The summed E-state index contributed by atoms with van der Waals surface area (Å²) in [5.41, 5.74) is -0.435. The Morgan fingerprint density at radius 3 is 2.34 bits per heavy atom. The number of rotatable bonds is 5. The van der Waals surface area contributed by atoms with Gasteiger partial charge in [0.15, 0.2) is 0 Å². The molecule has 10 heteroatoms. The molecule has 8 nitrogen and oxygen atoms in total. The van der Waals surface area contributed by atoms with Crippen molar-refractivity contribution in [2.45, 2.75) is 23.8 Å². The first kappa shape index (κ1) is 22.4. The largest absolute Gasteiger partial charge is 0.326 e. The molecule has 32 heavy (non-hydrogen) atoms. The number of urea groups is 1. The van der Waals surface area contributed by atoms with E-state index in [1.807, 2.05) is 23.1 Å². The number of nitrogens with zero attached hydrogens (tertiary/aromatic N) is 3. The maximum Gasteiger partial charge on any atom is 0.326 e. The third-order valence-electron chi connectivity index (χ3n) is 5.97. The molecule has 2 aliphatic rings. The average molecular weight is 461 g/mol. The van der Waals surface area contributed by atoms with Crippen LogP contribution in [-0.4, -0.2) is 67.3 Å². The quantitative estimate of drug-likeness (QED) is 0.689. The second kappa shape index (κ2) is 8.61. The molecular formula is C22H25FN4O4S. The van der Waals surface area contributed by atoms with Gasteiger partial charge in [-0.25, -0.2) is 22.5 Å². The van der Waals surface area contributed by atoms with Gasteiger partial charge in [0.25, 0.3) is 5.91 Å². The molecule has 0 unspecified atom stereocenters.